The van der Waals surface area contributed by atoms with E-state index >= 15 is 0 Å². The highest BCUT2D eigenvalue weighted by atomic mass is 19.4. The predicted molar refractivity (Wildman–Crippen MR) is 94.7 cm³/mol. The molecule has 3 rings (SSSR count). The van der Waals surface area contributed by atoms with E-state index in [0.29, 0.717) is 18.0 Å². The zero-order valence-electron chi connectivity index (χ0n) is 14.7. The van der Waals surface area contributed by atoms with Crippen molar-refractivity contribution >= 4 is 5.78 Å². The fourth-order valence-corrected chi connectivity index (χ4v) is 2.55. The minimum atomic E-state index is -4.53. The van der Waals surface area contributed by atoms with Crippen LogP contribution in [0.1, 0.15) is 41.1 Å². The fourth-order valence-electron chi connectivity index (χ4n) is 2.55. The number of nitrogens with one attached hydrogen (secondary N) is 1. The lowest BCUT2D eigenvalue weighted by Gasteiger charge is -2.11. The molecule has 2 heterocycles. The van der Waals surface area contributed by atoms with Crippen molar-refractivity contribution in [3.05, 3.63) is 76.2 Å². The summed E-state index contributed by atoms with van der Waals surface area (Å²) in [6.07, 6.45) is -3.26. The third-order valence-electron chi connectivity index (χ3n) is 4.01. The molecule has 3 aromatic rings. The number of ketones is 1. The molecule has 6 nitrogen and oxygen atoms in total. The molecule has 9 heteroatoms. The largest absolute Gasteiger partial charge is 0.419 e. The zero-order chi connectivity index (χ0) is 20.3. The Morgan fingerprint density at radius 2 is 1.79 bits per heavy atom. The first-order valence-electron chi connectivity index (χ1n) is 8.33. The van der Waals surface area contributed by atoms with E-state index in [9.17, 15) is 22.8 Å². The van der Waals surface area contributed by atoms with Gasteiger partial charge in [-0.05, 0) is 0 Å². The van der Waals surface area contributed by atoms with Gasteiger partial charge in [0, 0.05) is 36.4 Å². The topological polar surface area (TPSA) is 88.6 Å². The van der Waals surface area contributed by atoms with Gasteiger partial charge in [0.25, 0.3) is 5.56 Å². The highest BCUT2D eigenvalue weighted by Gasteiger charge is 2.31. The molecule has 0 aliphatic carbocycles. The fraction of sp³-hybridized carbons (Fsp3) is 0.211. The number of alkyl halides is 3. The molecule has 28 heavy (non-hydrogen) atoms. The van der Waals surface area contributed by atoms with Crippen molar-refractivity contribution in [1.82, 2.24) is 19.9 Å². The van der Waals surface area contributed by atoms with Crippen LogP contribution in [0.15, 0.2) is 53.6 Å². The summed E-state index contributed by atoms with van der Waals surface area (Å²) < 4.78 is 37.8. The van der Waals surface area contributed by atoms with Crippen molar-refractivity contribution in [2.75, 3.05) is 0 Å². The molecule has 2 aromatic heterocycles. The molecule has 0 fully saturated rings. The van der Waals surface area contributed by atoms with Gasteiger partial charge in [-0.25, -0.2) is 15.0 Å². The molecule has 0 amide bonds. The van der Waals surface area contributed by atoms with Crippen molar-refractivity contribution in [1.29, 1.82) is 0 Å². The number of H-pyrrole nitrogens is 1. The highest BCUT2D eigenvalue weighted by Crippen LogP contribution is 2.28. The molecular formula is C19H15F3N4O2. The lowest BCUT2D eigenvalue weighted by atomic mass is 10.0. The van der Waals surface area contributed by atoms with Gasteiger partial charge in [-0.2, -0.15) is 13.2 Å². The molecule has 0 saturated heterocycles. The molecule has 1 aromatic carbocycles. The SMILES string of the molecule is CC(CC(=O)c1cc(=O)[nH]c(-c2ccccc2)n1)c1ncc(C(F)(F)F)cn1. The molecule has 0 aliphatic rings. The zero-order valence-corrected chi connectivity index (χ0v) is 14.7. The van der Waals surface area contributed by atoms with Gasteiger partial charge in [-0.1, -0.05) is 37.3 Å². The molecule has 0 saturated carbocycles. The van der Waals surface area contributed by atoms with E-state index in [1.807, 2.05) is 6.07 Å². The number of Topliss-reactive ketones (excluding diaryl/α,β-unsaturated/α-hetero) is 1. The normalized spacial score (nSPS) is 12.6. The summed E-state index contributed by atoms with van der Waals surface area (Å²) >= 11 is 0. The Morgan fingerprint density at radius 1 is 1.14 bits per heavy atom. The minimum Gasteiger partial charge on any atom is -0.306 e. The summed E-state index contributed by atoms with van der Waals surface area (Å²) in [5, 5.41) is 0. The Labute approximate surface area is 157 Å². The number of carbonyl (C=O) groups excluding carboxylic acids is 1. The number of hydrogen-bond donors (Lipinski definition) is 1. The summed E-state index contributed by atoms with van der Waals surface area (Å²) in [5.41, 5.74) is -0.816. The standard InChI is InChI=1S/C19H15F3N4O2/c1-11(17-23-9-13(10-24-17)19(20,21)22)7-15(27)14-8-16(28)26-18(25-14)12-5-3-2-4-6-12/h2-6,8-11H,7H2,1H3,(H,25,26,28). The van der Waals surface area contributed by atoms with Gasteiger partial charge < -0.3 is 4.98 Å². The maximum absolute atomic E-state index is 12.6. The van der Waals surface area contributed by atoms with Crippen LogP contribution in [0, 0.1) is 0 Å². The molecule has 0 aliphatic heterocycles. The van der Waals surface area contributed by atoms with Crippen LogP contribution in [0.4, 0.5) is 13.2 Å². The Morgan fingerprint density at radius 3 is 2.39 bits per heavy atom. The number of halogens is 3. The summed E-state index contributed by atoms with van der Waals surface area (Å²) in [7, 11) is 0. The van der Waals surface area contributed by atoms with Crippen LogP contribution in [0.3, 0.4) is 0 Å². The lowest BCUT2D eigenvalue weighted by molar-refractivity contribution is -0.138. The monoisotopic (exact) mass is 388 g/mol. The smallest absolute Gasteiger partial charge is 0.306 e. The summed E-state index contributed by atoms with van der Waals surface area (Å²) in [4.78, 5) is 38.6. The Hall–Kier alpha value is -3.36. The molecule has 0 spiro atoms. The van der Waals surface area contributed by atoms with Gasteiger partial charge in [-0.15, -0.1) is 0 Å². The van der Waals surface area contributed by atoms with Crippen molar-refractivity contribution in [2.45, 2.75) is 25.4 Å². The molecule has 0 radical (unpaired) electrons. The second-order valence-corrected chi connectivity index (χ2v) is 6.20. The van der Waals surface area contributed by atoms with Crippen LogP contribution in [-0.2, 0) is 6.18 Å². The average molecular weight is 388 g/mol. The van der Waals surface area contributed by atoms with E-state index in [4.69, 9.17) is 0 Å². The number of nitrogens with zero attached hydrogens (tertiary/aromatic N) is 3. The number of benzene rings is 1. The Balaban J connectivity index is 1.79. The average Bonchev–Trinajstić information content (AvgIpc) is 2.67. The van der Waals surface area contributed by atoms with E-state index in [0.717, 1.165) is 6.07 Å². The van der Waals surface area contributed by atoms with E-state index < -0.39 is 29.0 Å². The molecule has 1 N–H and O–H groups in total. The molecule has 0 bridgehead atoms. The third-order valence-corrected chi connectivity index (χ3v) is 4.01. The summed E-state index contributed by atoms with van der Waals surface area (Å²) in [5.74, 6) is -0.611. The Bertz CT molecular complexity index is 1030. The van der Waals surface area contributed by atoms with Gasteiger partial charge in [-0.3, -0.25) is 9.59 Å². The number of hydrogen-bond acceptors (Lipinski definition) is 5. The van der Waals surface area contributed by atoms with Crippen molar-refractivity contribution < 1.29 is 18.0 Å². The lowest BCUT2D eigenvalue weighted by Crippen LogP contribution is -2.16. The van der Waals surface area contributed by atoms with E-state index in [1.54, 1.807) is 31.2 Å². The first-order valence-corrected chi connectivity index (χ1v) is 8.33. The first-order chi connectivity index (χ1) is 13.2. The quantitative estimate of drug-likeness (QED) is 0.675. The van der Waals surface area contributed by atoms with Crippen molar-refractivity contribution in [3.63, 3.8) is 0 Å². The van der Waals surface area contributed by atoms with Crippen LogP contribution >= 0.6 is 0 Å². The van der Waals surface area contributed by atoms with Crippen LogP contribution in [0.2, 0.25) is 0 Å². The summed E-state index contributed by atoms with van der Waals surface area (Å²) in [6, 6.07) is 9.93. The molecule has 1 unspecified atom stereocenters. The van der Waals surface area contributed by atoms with Crippen LogP contribution in [-0.4, -0.2) is 25.7 Å². The van der Waals surface area contributed by atoms with Gasteiger partial charge in [0.05, 0.1) is 5.56 Å². The third kappa shape index (κ3) is 4.48. The van der Waals surface area contributed by atoms with Crippen LogP contribution < -0.4 is 5.56 Å². The number of rotatable bonds is 5. The van der Waals surface area contributed by atoms with Crippen molar-refractivity contribution in [3.8, 4) is 11.4 Å². The van der Waals surface area contributed by atoms with Crippen LogP contribution in [0.5, 0.6) is 0 Å². The molecule has 144 valence electrons. The second-order valence-electron chi connectivity index (χ2n) is 6.20. The van der Waals surface area contributed by atoms with E-state index in [2.05, 4.69) is 19.9 Å². The van der Waals surface area contributed by atoms with Crippen molar-refractivity contribution in [2.24, 2.45) is 0 Å². The maximum Gasteiger partial charge on any atom is 0.419 e. The number of aromatic nitrogens is 4. The first kappa shape index (κ1) is 19.4. The summed E-state index contributed by atoms with van der Waals surface area (Å²) in [6.45, 7) is 1.62. The van der Waals surface area contributed by atoms with Crippen LogP contribution in [0.25, 0.3) is 11.4 Å². The van der Waals surface area contributed by atoms with Gasteiger partial charge in [0.1, 0.15) is 17.3 Å². The van der Waals surface area contributed by atoms with Gasteiger partial charge in [0.2, 0.25) is 0 Å². The molecule has 1 atom stereocenters. The number of aromatic amines is 1. The number of carbonyl (C=O) groups is 1. The van der Waals surface area contributed by atoms with Gasteiger partial charge in [0.15, 0.2) is 5.78 Å². The minimum absolute atomic E-state index is 0.0265. The molecular weight excluding hydrogens is 373 g/mol. The maximum atomic E-state index is 12.6. The van der Waals surface area contributed by atoms with E-state index in [1.165, 1.54) is 0 Å². The Kier molecular flexibility index (Phi) is 5.34. The van der Waals surface area contributed by atoms with E-state index in [-0.39, 0.29) is 23.8 Å². The van der Waals surface area contributed by atoms with Gasteiger partial charge >= 0.3 is 6.18 Å². The second kappa shape index (κ2) is 7.71. The highest BCUT2D eigenvalue weighted by molar-refractivity contribution is 5.94. The predicted octanol–water partition coefficient (Wildman–Crippen LogP) is 3.62.